The van der Waals surface area contributed by atoms with Crippen molar-refractivity contribution in [1.29, 1.82) is 0 Å². The first kappa shape index (κ1) is 24.7. The molecule has 0 unspecified atom stereocenters. The van der Waals surface area contributed by atoms with E-state index < -0.39 is 15.9 Å². The number of amides is 1. The quantitative estimate of drug-likeness (QED) is 0.525. The van der Waals surface area contributed by atoms with Crippen molar-refractivity contribution < 1.29 is 32.2 Å². The van der Waals surface area contributed by atoms with Gasteiger partial charge >= 0.3 is 0 Å². The number of rotatable bonds is 10. The molecule has 2 aromatic carbocycles. The fourth-order valence-electron chi connectivity index (χ4n) is 3.37. The third kappa shape index (κ3) is 6.31. The van der Waals surface area contributed by atoms with Crippen molar-refractivity contribution >= 4 is 27.4 Å². The highest BCUT2D eigenvalue weighted by atomic mass is 32.2. The number of sulfonamides is 1. The van der Waals surface area contributed by atoms with Crippen molar-refractivity contribution in [2.75, 3.05) is 45.3 Å². The molecule has 2 aromatic rings. The number of nitrogens with zero attached hydrogens (tertiary/aromatic N) is 1. The molecule has 3 rings (SSSR count). The molecule has 0 saturated carbocycles. The minimum Gasteiger partial charge on any atom is -0.495 e. The molecular weight excluding hydrogens is 448 g/mol. The smallest absolute Gasteiger partial charge is 0.243 e. The standard InChI is InChI=1S/C23H28N2O7S/c1-3-32-18-6-4-17(5-7-18)21(26)9-11-23(27)24-20-16-19(8-10-22(20)30-2)33(28,29)25-12-14-31-15-13-25/h4-8,10,16H,3,9,11-15H2,1-2H3,(H,24,27). The number of carbonyl (C=O) groups excluding carboxylic acids is 2. The molecule has 9 nitrogen and oxygen atoms in total. The summed E-state index contributed by atoms with van der Waals surface area (Å²) in [4.78, 5) is 25.0. The Bertz CT molecular complexity index is 1080. The molecule has 0 atom stereocenters. The minimum atomic E-state index is -3.73. The van der Waals surface area contributed by atoms with Crippen molar-refractivity contribution in [3.63, 3.8) is 0 Å². The molecule has 1 aliphatic rings. The highest BCUT2D eigenvalue weighted by molar-refractivity contribution is 7.89. The monoisotopic (exact) mass is 476 g/mol. The van der Waals surface area contributed by atoms with Crippen molar-refractivity contribution in [1.82, 2.24) is 4.31 Å². The van der Waals surface area contributed by atoms with E-state index in [9.17, 15) is 18.0 Å². The number of benzene rings is 2. The number of nitrogens with one attached hydrogen (secondary N) is 1. The van der Waals surface area contributed by atoms with E-state index in [0.717, 1.165) is 0 Å². The van der Waals surface area contributed by atoms with Gasteiger partial charge in [-0.1, -0.05) is 0 Å². The maximum absolute atomic E-state index is 12.9. The first-order valence-electron chi connectivity index (χ1n) is 10.7. The summed E-state index contributed by atoms with van der Waals surface area (Å²) in [6, 6.07) is 11.0. The minimum absolute atomic E-state index is 0.00783. The van der Waals surface area contributed by atoms with Crippen LogP contribution in [0.1, 0.15) is 30.1 Å². The lowest BCUT2D eigenvalue weighted by Gasteiger charge is -2.26. The van der Waals surface area contributed by atoms with Crippen LogP contribution in [0.15, 0.2) is 47.4 Å². The van der Waals surface area contributed by atoms with Crippen molar-refractivity contribution in [2.45, 2.75) is 24.7 Å². The van der Waals surface area contributed by atoms with E-state index in [4.69, 9.17) is 14.2 Å². The predicted molar refractivity (Wildman–Crippen MR) is 122 cm³/mol. The van der Waals surface area contributed by atoms with Gasteiger partial charge in [-0.25, -0.2) is 8.42 Å². The Balaban J connectivity index is 1.65. The van der Waals surface area contributed by atoms with Gasteiger partial charge in [0, 0.05) is 31.5 Å². The van der Waals surface area contributed by atoms with Crippen LogP contribution in [-0.4, -0.2) is 64.4 Å². The summed E-state index contributed by atoms with van der Waals surface area (Å²) in [7, 11) is -2.31. The Morgan fingerprint density at radius 1 is 1.06 bits per heavy atom. The number of methoxy groups -OCH3 is 1. The summed E-state index contributed by atoms with van der Waals surface area (Å²) in [6.07, 6.45) is -0.0520. The van der Waals surface area contributed by atoms with Crippen LogP contribution < -0.4 is 14.8 Å². The SMILES string of the molecule is CCOc1ccc(C(=O)CCC(=O)Nc2cc(S(=O)(=O)N3CCOCC3)ccc2OC)cc1. The van der Waals surface area contributed by atoms with Crippen LogP contribution in [0.4, 0.5) is 5.69 Å². The van der Waals surface area contributed by atoms with Crippen LogP contribution in [0.25, 0.3) is 0 Å². The average Bonchev–Trinajstić information content (AvgIpc) is 2.83. The summed E-state index contributed by atoms with van der Waals surface area (Å²) >= 11 is 0. The fraction of sp³-hybridized carbons (Fsp3) is 0.391. The van der Waals surface area contributed by atoms with Gasteiger partial charge in [0.1, 0.15) is 11.5 Å². The predicted octanol–water partition coefficient (Wildman–Crippen LogP) is 2.72. The molecule has 1 fully saturated rings. The van der Waals surface area contributed by atoms with Crippen molar-refractivity contribution in [3.05, 3.63) is 48.0 Å². The molecule has 1 aliphatic heterocycles. The lowest BCUT2D eigenvalue weighted by Crippen LogP contribution is -2.40. The number of Topliss-reactive ketones (excluding diaryl/α,β-unsaturated/α-hetero) is 1. The molecule has 1 saturated heterocycles. The van der Waals surface area contributed by atoms with Gasteiger partial charge in [-0.05, 0) is 49.4 Å². The fourth-order valence-corrected chi connectivity index (χ4v) is 4.80. The van der Waals surface area contributed by atoms with Crippen LogP contribution >= 0.6 is 0 Å². The van der Waals surface area contributed by atoms with Crippen LogP contribution in [-0.2, 0) is 19.6 Å². The highest BCUT2D eigenvalue weighted by Gasteiger charge is 2.27. The largest absolute Gasteiger partial charge is 0.495 e. The normalized spacial score (nSPS) is 14.5. The number of ketones is 1. The Labute approximate surface area is 193 Å². The molecule has 0 bridgehead atoms. The maximum Gasteiger partial charge on any atom is 0.243 e. The van der Waals surface area contributed by atoms with Gasteiger partial charge < -0.3 is 19.5 Å². The lowest BCUT2D eigenvalue weighted by molar-refractivity contribution is -0.116. The number of anilines is 1. The van der Waals surface area contributed by atoms with Gasteiger partial charge in [0.05, 0.1) is 37.5 Å². The van der Waals surface area contributed by atoms with Gasteiger partial charge in [0.15, 0.2) is 5.78 Å². The molecule has 1 amide bonds. The second-order valence-electron chi connectivity index (χ2n) is 7.31. The van der Waals surface area contributed by atoms with Gasteiger partial charge in [0.2, 0.25) is 15.9 Å². The van der Waals surface area contributed by atoms with Gasteiger partial charge in [-0.3, -0.25) is 9.59 Å². The van der Waals surface area contributed by atoms with Crippen LogP contribution in [0.3, 0.4) is 0 Å². The van der Waals surface area contributed by atoms with Crippen LogP contribution in [0.5, 0.6) is 11.5 Å². The molecule has 0 aromatic heterocycles. The number of hydrogen-bond donors (Lipinski definition) is 1. The van der Waals surface area contributed by atoms with Gasteiger partial charge in [-0.15, -0.1) is 0 Å². The van der Waals surface area contributed by atoms with Gasteiger partial charge in [0.25, 0.3) is 0 Å². The Kier molecular flexibility index (Phi) is 8.43. The number of ether oxygens (including phenoxy) is 3. The van der Waals surface area contributed by atoms with E-state index in [0.29, 0.717) is 36.9 Å². The Morgan fingerprint density at radius 3 is 2.39 bits per heavy atom. The lowest BCUT2D eigenvalue weighted by atomic mass is 10.1. The molecule has 178 valence electrons. The summed E-state index contributed by atoms with van der Waals surface area (Å²) in [5, 5.41) is 2.67. The second-order valence-corrected chi connectivity index (χ2v) is 9.25. The molecule has 1 heterocycles. The third-order valence-corrected chi connectivity index (χ3v) is 7.01. The molecule has 33 heavy (non-hydrogen) atoms. The van der Waals surface area contributed by atoms with E-state index in [2.05, 4.69) is 5.32 Å². The number of carbonyl (C=O) groups is 2. The molecule has 0 aliphatic carbocycles. The van der Waals surface area contributed by atoms with Gasteiger partial charge in [-0.2, -0.15) is 4.31 Å². The zero-order chi connectivity index (χ0) is 23.8. The number of morpholine rings is 1. The molecule has 10 heteroatoms. The molecule has 0 spiro atoms. The Hall–Kier alpha value is -2.95. The first-order valence-corrected chi connectivity index (χ1v) is 12.1. The van der Waals surface area contributed by atoms with Crippen LogP contribution in [0.2, 0.25) is 0 Å². The van der Waals surface area contributed by atoms with E-state index in [1.165, 1.54) is 29.6 Å². The zero-order valence-electron chi connectivity index (χ0n) is 18.7. The summed E-state index contributed by atoms with van der Waals surface area (Å²) in [5.41, 5.74) is 0.716. The Morgan fingerprint density at radius 2 is 1.76 bits per heavy atom. The second kappa shape index (κ2) is 11.3. The van der Waals surface area contributed by atoms with E-state index in [-0.39, 0.29) is 42.3 Å². The van der Waals surface area contributed by atoms with E-state index in [1.54, 1.807) is 24.3 Å². The van der Waals surface area contributed by atoms with E-state index in [1.807, 2.05) is 6.92 Å². The van der Waals surface area contributed by atoms with Crippen LogP contribution in [0, 0.1) is 0 Å². The first-order chi connectivity index (χ1) is 15.8. The molecule has 0 radical (unpaired) electrons. The van der Waals surface area contributed by atoms with Crippen molar-refractivity contribution in [2.24, 2.45) is 0 Å². The summed E-state index contributed by atoms with van der Waals surface area (Å²) in [6.45, 7) is 3.61. The number of hydrogen-bond acceptors (Lipinski definition) is 7. The summed E-state index contributed by atoms with van der Waals surface area (Å²) in [5.74, 6) is 0.394. The highest BCUT2D eigenvalue weighted by Crippen LogP contribution is 2.29. The molecule has 1 N–H and O–H groups in total. The van der Waals surface area contributed by atoms with E-state index >= 15 is 0 Å². The topological polar surface area (TPSA) is 111 Å². The summed E-state index contributed by atoms with van der Waals surface area (Å²) < 4.78 is 43.0. The van der Waals surface area contributed by atoms with Crippen molar-refractivity contribution in [3.8, 4) is 11.5 Å². The molecular formula is C23H28N2O7S. The average molecular weight is 477 g/mol. The third-order valence-electron chi connectivity index (χ3n) is 5.12. The zero-order valence-corrected chi connectivity index (χ0v) is 19.5. The maximum atomic E-state index is 12.9.